The fraction of sp³-hybridized carbons (Fsp3) is 0.318. The van der Waals surface area contributed by atoms with Crippen molar-refractivity contribution >= 4 is 16.9 Å². The van der Waals surface area contributed by atoms with E-state index in [0.29, 0.717) is 48.5 Å². The topological polar surface area (TPSA) is 119 Å². The van der Waals surface area contributed by atoms with Crippen LogP contribution in [0.1, 0.15) is 29.3 Å². The lowest BCUT2D eigenvalue weighted by molar-refractivity contribution is -0.0304. The van der Waals surface area contributed by atoms with E-state index < -0.39 is 5.60 Å². The van der Waals surface area contributed by atoms with Crippen LogP contribution in [0.4, 0.5) is 4.39 Å². The van der Waals surface area contributed by atoms with Crippen molar-refractivity contribution in [1.82, 2.24) is 29.2 Å². The number of piperidine rings is 1. The van der Waals surface area contributed by atoms with Crippen LogP contribution >= 0.6 is 0 Å². The highest BCUT2D eigenvalue weighted by Crippen LogP contribution is 2.25. The minimum Gasteiger partial charge on any atom is -0.436 e. The molecule has 1 aromatic carbocycles. The highest BCUT2D eigenvalue weighted by Gasteiger charge is 2.35. The van der Waals surface area contributed by atoms with Gasteiger partial charge in [0.2, 0.25) is 5.76 Å². The van der Waals surface area contributed by atoms with Gasteiger partial charge in [-0.1, -0.05) is 0 Å². The van der Waals surface area contributed by atoms with E-state index in [1.807, 2.05) is 0 Å². The van der Waals surface area contributed by atoms with Gasteiger partial charge in [-0.15, -0.1) is 0 Å². The van der Waals surface area contributed by atoms with E-state index in [1.165, 1.54) is 40.1 Å². The fourth-order valence-electron chi connectivity index (χ4n) is 4.05. The van der Waals surface area contributed by atoms with Crippen LogP contribution in [0.5, 0.6) is 0 Å². The zero-order valence-electron chi connectivity index (χ0n) is 17.8. The van der Waals surface area contributed by atoms with Crippen LogP contribution < -0.4 is 5.56 Å². The van der Waals surface area contributed by atoms with E-state index in [2.05, 4.69) is 15.1 Å². The Hall–Kier alpha value is -3.86. The highest BCUT2D eigenvalue weighted by atomic mass is 19.1. The largest absolute Gasteiger partial charge is 0.436 e. The van der Waals surface area contributed by atoms with Crippen LogP contribution in [0.15, 0.2) is 52.2 Å². The molecule has 1 saturated heterocycles. The summed E-state index contributed by atoms with van der Waals surface area (Å²) >= 11 is 0. The Kier molecular flexibility index (Phi) is 5.05. The van der Waals surface area contributed by atoms with E-state index >= 15 is 0 Å². The Bertz CT molecular complexity index is 1380. The number of benzene rings is 1. The lowest BCUT2D eigenvalue weighted by atomic mass is 9.91. The van der Waals surface area contributed by atoms with Gasteiger partial charge in [0.1, 0.15) is 17.5 Å². The Morgan fingerprint density at radius 3 is 2.58 bits per heavy atom. The number of hydrogen-bond acceptors (Lipinski definition) is 7. The molecule has 5 rings (SSSR count). The highest BCUT2D eigenvalue weighted by molar-refractivity contribution is 5.91. The Balaban J connectivity index is 1.33. The van der Waals surface area contributed by atoms with Gasteiger partial charge in [0.05, 0.1) is 30.2 Å². The van der Waals surface area contributed by atoms with Gasteiger partial charge in [-0.2, -0.15) is 5.10 Å². The Labute approximate surface area is 186 Å². The van der Waals surface area contributed by atoms with Gasteiger partial charge >= 0.3 is 0 Å². The molecule has 0 radical (unpaired) electrons. The first-order chi connectivity index (χ1) is 15.8. The summed E-state index contributed by atoms with van der Waals surface area (Å²) in [6, 6.07) is 5.71. The van der Waals surface area contributed by atoms with Crippen molar-refractivity contribution in [2.24, 2.45) is 0 Å². The lowest BCUT2D eigenvalue weighted by Gasteiger charge is -2.38. The zero-order valence-corrected chi connectivity index (χ0v) is 17.8. The van der Waals surface area contributed by atoms with Crippen molar-refractivity contribution in [2.45, 2.75) is 31.9 Å². The number of aryl methyl sites for hydroxylation is 1. The molecule has 170 valence electrons. The molecular formula is C22H21FN6O4. The summed E-state index contributed by atoms with van der Waals surface area (Å²) in [5.41, 5.74) is -0.580. The summed E-state index contributed by atoms with van der Waals surface area (Å²) in [5, 5.41) is 15.6. The third-order valence-corrected chi connectivity index (χ3v) is 5.90. The third-order valence-electron chi connectivity index (χ3n) is 5.90. The number of amides is 1. The first-order valence-corrected chi connectivity index (χ1v) is 10.5. The molecule has 4 aromatic rings. The molecule has 1 aliphatic heterocycles. The number of rotatable bonds is 4. The first kappa shape index (κ1) is 21.0. The van der Waals surface area contributed by atoms with Crippen molar-refractivity contribution in [3.05, 3.63) is 70.8 Å². The second-order valence-corrected chi connectivity index (χ2v) is 8.21. The van der Waals surface area contributed by atoms with E-state index in [4.69, 9.17) is 4.42 Å². The summed E-state index contributed by atoms with van der Waals surface area (Å²) in [6.45, 7) is 2.35. The van der Waals surface area contributed by atoms with E-state index in [1.54, 1.807) is 24.0 Å². The molecule has 1 amide bonds. The Morgan fingerprint density at radius 2 is 1.91 bits per heavy atom. The minimum atomic E-state index is -1.17. The summed E-state index contributed by atoms with van der Waals surface area (Å²) in [6.07, 6.45) is 4.77. The average Bonchev–Trinajstić information content (AvgIpc) is 3.43. The van der Waals surface area contributed by atoms with Crippen molar-refractivity contribution in [3.8, 4) is 5.69 Å². The van der Waals surface area contributed by atoms with Crippen LogP contribution in [0.25, 0.3) is 16.7 Å². The van der Waals surface area contributed by atoms with E-state index in [-0.39, 0.29) is 29.6 Å². The molecule has 0 atom stereocenters. The van der Waals surface area contributed by atoms with Gasteiger partial charge in [-0.05, 0) is 37.1 Å². The summed E-state index contributed by atoms with van der Waals surface area (Å²) < 4.78 is 21.3. The number of carbonyl (C=O) groups is 1. The number of oxazole rings is 1. The molecule has 11 heteroatoms. The minimum absolute atomic E-state index is 0.0416. The average molecular weight is 452 g/mol. The van der Waals surface area contributed by atoms with Crippen molar-refractivity contribution in [3.63, 3.8) is 0 Å². The maximum absolute atomic E-state index is 13.2. The monoisotopic (exact) mass is 452 g/mol. The number of hydrogen-bond donors (Lipinski definition) is 1. The number of aliphatic hydroxyl groups is 1. The van der Waals surface area contributed by atoms with Gasteiger partial charge in [0.25, 0.3) is 11.5 Å². The number of carbonyl (C=O) groups excluding carboxylic acids is 1. The van der Waals surface area contributed by atoms with Crippen LogP contribution in [0, 0.1) is 12.7 Å². The van der Waals surface area contributed by atoms with Gasteiger partial charge in [-0.25, -0.2) is 19.0 Å². The van der Waals surface area contributed by atoms with E-state index in [0.717, 1.165) is 0 Å². The quantitative estimate of drug-likeness (QED) is 0.500. The van der Waals surface area contributed by atoms with Crippen LogP contribution in [-0.4, -0.2) is 58.9 Å². The van der Waals surface area contributed by atoms with Gasteiger partial charge in [-0.3, -0.25) is 14.2 Å². The molecule has 0 bridgehead atoms. The molecule has 0 unspecified atom stereocenters. The van der Waals surface area contributed by atoms with Crippen molar-refractivity contribution in [1.29, 1.82) is 0 Å². The maximum Gasteiger partial charge on any atom is 0.291 e. The maximum atomic E-state index is 13.2. The molecular weight excluding hydrogens is 431 g/mol. The Morgan fingerprint density at radius 1 is 1.18 bits per heavy atom. The molecule has 1 N–H and O–H groups in total. The second kappa shape index (κ2) is 7.93. The normalized spacial score (nSPS) is 15.8. The smallest absolute Gasteiger partial charge is 0.291 e. The summed E-state index contributed by atoms with van der Waals surface area (Å²) in [7, 11) is 0. The zero-order chi connectivity index (χ0) is 23.2. The third kappa shape index (κ3) is 3.91. The predicted octanol–water partition coefficient (Wildman–Crippen LogP) is 1.69. The van der Waals surface area contributed by atoms with Crippen LogP contribution in [0.3, 0.4) is 0 Å². The van der Waals surface area contributed by atoms with E-state index in [9.17, 15) is 19.1 Å². The molecule has 1 fully saturated rings. The molecule has 1 aliphatic rings. The molecule has 10 nitrogen and oxygen atoms in total. The number of halogens is 1. The molecule has 0 saturated carbocycles. The van der Waals surface area contributed by atoms with Gasteiger partial charge in [0, 0.05) is 20.0 Å². The standard InChI is InChI=1S/C22H21FN6O4/c1-14-24-11-18(33-14)21(31)27-8-6-22(32,7-9-27)12-28-13-25-19-17(20(28)30)10-26-29(19)16-4-2-15(23)3-5-16/h2-5,10-11,13,32H,6-9,12H2,1H3. The molecule has 0 spiro atoms. The van der Waals surface area contributed by atoms with Gasteiger partial charge < -0.3 is 14.4 Å². The summed E-state index contributed by atoms with van der Waals surface area (Å²) in [5.74, 6) is -0.0626. The van der Waals surface area contributed by atoms with Crippen LogP contribution in [0.2, 0.25) is 0 Å². The number of fused-ring (bicyclic) bond motifs is 1. The molecule has 33 heavy (non-hydrogen) atoms. The molecule has 0 aliphatic carbocycles. The lowest BCUT2D eigenvalue weighted by Crippen LogP contribution is -2.49. The number of likely N-dealkylation sites (tertiary alicyclic amines) is 1. The second-order valence-electron chi connectivity index (χ2n) is 8.21. The van der Waals surface area contributed by atoms with Crippen LogP contribution in [-0.2, 0) is 6.54 Å². The number of aromatic nitrogens is 5. The van der Waals surface area contributed by atoms with Crippen molar-refractivity contribution < 1.29 is 18.7 Å². The van der Waals surface area contributed by atoms with Gasteiger partial charge in [0.15, 0.2) is 11.5 Å². The molecule has 3 aromatic heterocycles. The summed E-state index contributed by atoms with van der Waals surface area (Å²) in [4.78, 5) is 35.5. The van der Waals surface area contributed by atoms with Crippen molar-refractivity contribution in [2.75, 3.05) is 13.1 Å². The predicted molar refractivity (Wildman–Crippen MR) is 114 cm³/mol. The fourth-order valence-corrected chi connectivity index (χ4v) is 4.05. The SMILES string of the molecule is Cc1ncc(C(=O)N2CCC(O)(Cn3cnc4c(cnn4-c4ccc(F)cc4)c3=O)CC2)o1. The number of nitrogens with zero attached hydrogens (tertiary/aromatic N) is 6. The first-order valence-electron chi connectivity index (χ1n) is 10.5. The molecule has 4 heterocycles.